The molecule has 4 rings (SSSR count). The Balaban J connectivity index is 1.58. The predicted molar refractivity (Wildman–Crippen MR) is 109 cm³/mol. The van der Waals surface area contributed by atoms with Crippen LogP contribution in [-0.4, -0.2) is 61.5 Å². The van der Waals surface area contributed by atoms with Crippen LogP contribution in [0.3, 0.4) is 0 Å². The second-order valence-corrected chi connectivity index (χ2v) is 8.52. The van der Waals surface area contributed by atoms with Gasteiger partial charge in [0.15, 0.2) is 0 Å². The van der Waals surface area contributed by atoms with Crippen LogP contribution in [0.15, 0.2) is 29.5 Å². The van der Waals surface area contributed by atoms with E-state index < -0.39 is 6.04 Å². The summed E-state index contributed by atoms with van der Waals surface area (Å²) in [4.78, 5) is 30.7. The number of hydrogen-bond acceptors (Lipinski definition) is 2. The van der Waals surface area contributed by atoms with Gasteiger partial charge >= 0.3 is 6.03 Å². The van der Waals surface area contributed by atoms with Gasteiger partial charge in [0.25, 0.3) is 5.91 Å². The molecule has 1 saturated heterocycles. The number of amides is 3. The molecule has 0 saturated carbocycles. The number of urea groups is 1. The van der Waals surface area contributed by atoms with Gasteiger partial charge in [-0.3, -0.25) is 9.69 Å². The van der Waals surface area contributed by atoms with Crippen LogP contribution in [-0.2, 0) is 4.79 Å². The molecule has 0 aliphatic carbocycles. The van der Waals surface area contributed by atoms with Crippen LogP contribution in [0, 0.1) is 0 Å². The predicted octanol–water partition coefficient (Wildman–Crippen LogP) is 1.85. The molecule has 0 spiro atoms. The SMILES string of the molecule is CN1C(=O)N[C@@H](c2cccc(Cl)c2Cl)C2=C1CN(CC[NH+]1CCCCC1)C2=O. The van der Waals surface area contributed by atoms with E-state index in [0.29, 0.717) is 34.3 Å². The zero-order valence-corrected chi connectivity index (χ0v) is 17.4. The van der Waals surface area contributed by atoms with Gasteiger partial charge in [0.2, 0.25) is 0 Å². The number of hydrogen-bond donors (Lipinski definition) is 2. The van der Waals surface area contributed by atoms with Gasteiger partial charge in [0, 0.05) is 7.05 Å². The van der Waals surface area contributed by atoms with Crippen LogP contribution >= 0.6 is 23.2 Å². The molecule has 3 aliphatic rings. The van der Waals surface area contributed by atoms with E-state index >= 15 is 0 Å². The fourth-order valence-corrected chi connectivity index (χ4v) is 4.79. The van der Waals surface area contributed by atoms with Crippen molar-refractivity contribution in [2.24, 2.45) is 0 Å². The zero-order valence-electron chi connectivity index (χ0n) is 15.9. The smallest absolute Gasteiger partial charge is 0.322 e. The van der Waals surface area contributed by atoms with Crippen molar-refractivity contribution in [1.29, 1.82) is 0 Å². The Morgan fingerprint density at radius 2 is 1.93 bits per heavy atom. The average molecular weight is 424 g/mol. The standard InChI is InChI=1S/C20H24Cl2N4O2/c1-24-15-12-26(11-10-25-8-3-2-4-9-25)19(27)16(15)18(23-20(24)28)13-6-5-7-14(21)17(13)22/h5-7,18H,2-4,8-12H2,1H3,(H,23,28)/p+1/t18-/m0/s1. The molecule has 150 valence electrons. The Kier molecular flexibility index (Phi) is 5.54. The van der Waals surface area contributed by atoms with Gasteiger partial charge in [-0.15, -0.1) is 0 Å². The number of likely N-dealkylation sites (tertiary alicyclic amines) is 1. The molecule has 1 aromatic rings. The van der Waals surface area contributed by atoms with Crippen molar-refractivity contribution in [3.63, 3.8) is 0 Å². The van der Waals surface area contributed by atoms with Gasteiger partial charge in [-0.25, -0.2) is 4.79 Å². The molecule has 1 fully saturated rings. The third kappa shape index (κ3) is 3.49. The van der Waals surface area contributed by atoms with Crippen molar-refractivity contribution < 1.29 is 14.5 Å². The van der Waals surface area contributed by atoms with Crippen molar-refractivity contribution in [2.45, 2.75) is 25.3 Å². The first-order valence-electron chi connectivity index (χ1n) is 9.81. The Bertz CT molecular complexity index is 835. The van der Waals surface area contributed by atoms with Gasteiger partial charge in [-0.05, 0) is 30.9 Å². The first kappa shape index (κ1) is 19.6. The summed E-state index contributed by atoms with van der Waals surface area (Å²) < 4.78 is 0. The normalized spacial score (nSPS) is 23.3. The molecular formula is C20H25Cl2N4O2+. The lowest BCUT2D eigenvalue weighted by atomic mass is 9.95. The average Bonchev–Trinajstić information content (AvgIpc) is 3.03. The van der Waals surface area contributed by atoms with Gasteiger partial charge in [0.1, 0.15) is 0 Å². The third-order valence-corrected chi connectivity index (χ3v) is 6.86. The second-order valence-electron chi connectivity index (χ2n) is 7.73. The summed E-state index contributed by atoms with van der Waals surface area (Å²) in [6.45, 7) is 4.45. The summed E-state index contributed by atoms with van der Waals surface area (Å²) in [5.74, 6) is -0.0284. The van der Waals surface area contributed by atoms with Gasteiger partial charge in [-0.2, -0.15) is 0 Å². The summed E-state index contributed by atoms with van der Waals surface area (Å²) >= 11 is 12.6. The number of quaternary nitrogens is 1. The monoisotopic (exact) mass is 423 g/mol. The van der Waals surface area contributed by atoms with E-state index in [1.807, 2.05) is 11.0 Å². The highest BCUT2D eigenvalue weighted by Crippen LogP contribution is 2.39. The summed E-state index contributed by atoms with van der Waals surface area (Å²) in [7, 11) is 1.70. The van der Waals surface area contributed by atoms with Gasteiger partial charge in [0.05, 0.1) is 60.1 Å². The minimum absolute atomic E-state index is 0.0284. The van der Waals surface area contributed by atoms with Crippen LogP contribution < -0.4 is 10.2 Å². The summed E-state index contributed by atoms with van der Waals surface area (Å²) in [6, 6.07) is 4.47. The van der Waals surface area contributed by atoms with Crippen molar-refractivity contribution >= 4 is 35.1 Å². The third-order valence-electron chi connectivity index (χ3n) is 6.02. The molecule has 3 heterocycles. The molecule has 1 aromatic carbocycles. The van der Waals surface area contributed by atoms with E-state index in [-0.39, 0.29) is 11.9 Å². The highest BCUT2D eigenvalue weighted by atomic mass is 35.5. The molecule has 3 aliphatic heterocycles. The number of rotatable bonds is 4. The maximum atomic E-state index is 13.2. The van der Waals surface area contributed by atoms with E-state index in [1.165, 1.54) is 37.3 Å². The van der Waals surface area contributed by atoms with E-state index in [2.05, 4.69) is 5.32 Å². The fraction of sp³-hybridized carbons (Fsp3) is 0.500. The quantitative estimate of drug-likeness (QED) is 0.776. The van der Waals surface area contributed by atoms with Crippen LogP contribution in [0.2, 0.25) is 10.0 Å². The second kappa shape index (κ2) is 7.93. The number of carbonyl (C=O) groups is 2. The van der Waals surface area contributed by atoms with Crippen LogP contribution in [0.4, 0.5) is 4.79 Å². The van der Waals surface area contributed by atoms with Crippen molar-refractivity contribution in [2.75, 3.05) is 39.8 Å². The molecule has 0 radical (unpaired) electrons. The van der Waals surface area contributed by atoms with E-state index in [4.69, 9.17) is 23.2 Å². The highest BCUT2D eigenvalue weighted by Gasteiger charge is 2.43. The van der Waals surface area contributed by atoms with Crippen LogP contribution in [0.5, 0.6) is 0 Å². The first-order chi connectivity index (χ1) is 13.5. The molecular weight excluding hydrogens is 399 g/mol. The molecule has 1 atom stereocenters. The van der Waals surface area contributed by atoms with Gasteiger partial charge in [-0.1, -0.05) is 35.3 Å². The van der Waals surface area contributed by atoms with E-state index in [9.17, 15) is 9.59 Å². The molecule has 0 bridgehead atoms. The van der Waals surface area contributed by atoms with Crippen molar-refractivity contribution in [3.8, 4) is 0 Å². The van der Waals surface area contributed by atoms with Gasteiger partial charge < -0.3 is 15.1 Å². The minimum Gasteiger partial charge on any atom is -0.333 e. The van der Waals surface area contributed by atoms with Crippen LogP contribution in [0.1, 0.15) is 30.9 Å². The number of benzene rings is 1. The molecule has 3 amide bonds. The largest absolute Gasteiger partial charge is 0.333 e. The lowest BCUT2D eigenvalue weighted by Crippen LogP contribution is -3.13. The number of nitrogens with one attached hydrogen (secondary N) is 2. The van der Waals surface area contributed by atoms with Crippen molar-refractivity contribution in [1.82, 2.24) is 15.1 Å². The molecule has 0 unspecified atom stereocenters. The Morgan fingerprint density at radius 3 is 2.68 bits per heavy atom. The first-order valence-corrected chi connectivity index (χ1v) is 10.6. The Hall–Kier alpha value is -1.76. The number of likely N-dealkylation sites (N-methyl/N-ethyl adjacent to an activating group) is 1. The number of nitrogens with zero attached hydrogens (tertiary/aromatic N) is 2. The van der Waals surface area contributed by atoms with Crippen molar-refractivity contribution in [3.05, 3.63) is 45.1 Å². The minimum atomic E-state index is -0.579. The zero-order chi connectivity index (χ0) is 19.8. The number of piperidine rings is 1. The maximum absolute atomic E-state index is 13.2. The number of halogens is 2. The lowest BCUT2D eigenvalue weighted by Gasteiger charge is -2.31. The molecule has 6 nitrogen and oxygen atoms in total. The Labute approximate surface area is 175 Å². The fourth-order valence-electron chi connectivity index (χ4n) is 4.38. The lowest BCUT2D eigenvalue weighted by molar-refractivity contribution is -0.904. The summed E-state index contributed by atoms with van der Waals surface area (Å²) in [6.07, 6.45) is 3.83. The molecule has 2 N–H and O–H groups in total. The Morgan fingerprint density at radius 1 is 1.18 bits per heavy atom. The topological polar surface area (TPSA) is 57.1 Å². The van der Waals surface area contributed by atoms with E-state index in [0.717, 1.165) is 12.2 Å². The van der Waals surface area contributed by atoms with Crippen LogP contribution in [0.25, 0.3) is 0 Å². The molecule has 0 aromatic heterocycles. The highest BCUT2D eigenvalue weighted by molar-refractivity contribution is 6.42. The molecule has 8 heteroatoms. The summed E-state index contributed by atoms with van der Waals surface area (Å²) in [5, 5.41) is 3.69. The summed E-state index contributed by atoms with van der Waals surface area (Å²) in [5.41, 5.74) is 2.00. The maximum Gasteiger partial charge on any atom is 0.322 e. The molecule has 28 heavy (non-hydrogen) atoms. The van der Waals surface area contributed by atoms with E-state index in [1.54, 1.807) is 24.1 Å². The number of carbonyl (C=O) groups excluding carboxylic acids is 2.